The molecule has 1 saturated heterocycles. The van der Waals surface area contributed by atoms with Crippen molar-refractivity contribution in [3.63, 3.8) is 0 Å². The summed E-state index contributed by atoms with van der Waals surface area (Å²) in [5.74, 6) is -1.83. The first-order chi connectivity index (χ1) is 20.0. The number of carbonyl (C=O) groups excluding carboxylic acids is 3. The maximum Gasteiger partial charge on any atom is 0.409 e. The SMILES string of the molecule is CCOC(=O)N1CCN(C(=O)C(CCC(=O)O)NC(=O)c2cc(OCc3csc(C)n3)c3cc(Cl)c(C)cc3n2)CC1. The molecule has 3 amide bonds. The quantitative estimate of drug-likeness (QED) is 0.346. The number of nitrogens with one attached hydrogen (secondary N) is 1. The van der Waals surface area contributed by atoms with Crippen LogP contribution in [0, 0.1) is 13.8 Å². The predicted molar refractivity (Wildman–Crippen MR) is 156 cm³/mol. The number of carboxylic acids is 1. The highest BCUT2D eigenvalue weighted by molar-refractivity contribution is 7.09. The molecular formula is C28H32ClN5O7S. The van der Waals surface area contributed by atoms with Crippen LogP contribution in [0.5, 0.6) is 5.75 Å². The maximum absolute atomic E-state index is 13.5. The van der Waals surface area contributed by atoms with Crippen LogP contribution in [0.15, 0.2) is 23.6 Å². The summed E-state index contributed by atoms with van der Waals surface area (Å²) >= 11 is 7.87. The van der Waals surface area contributed by atoms with E-state index in [2.05, 4.69) is 15.3 Å². The molecule has 1 fully saturated rings. The largest absolute Gasteiger partial charge is 0.486 e. The number of carbonyl (C=O) groups is 4. The average molecular weight is 618 g/mol. The van der Waals surface area contributed by atoms with Crippen LogP contribution in [0.1, 0.15) is 46.5 Å². The van der Waals surface area contributed by atoms with Gasteiger partial charge < -0.3 is 29.7 Å². The number of nitrogens with zero attached hydrogens (tertiary/aromatic N) is 4. The van der Waals surface area contributed by atoms with Crippen LogP contribution in [0.4, 0.5) is 4.79 Å². The summed E-state index contributed by atoms with van der Waals surface area (Å²) in [7, 11) is 0. The Morgan fingerprint density at radius 1 is 1.10 bits per heavy atom. The van der Waals surface area contributed by atoms with E-state index in [1.807, 2.05) is 19.2 Å². The normalized spacial score (nSPS) is 14.0. The highest BCUT2D eigenvalue weighted by Crippen LogP contribution is 2.31. The van der Waals surface area contributed by atoms with Gasteiger partial charge in [0, 0.05) is 54.5 Å². The number of amides is 3. The third-order valence-electron chi connectivity index (χ3n) is 6.69. The van der Waals surface area contributed by atoms with E-state index < -0.39 is 29.9 Å². The number of benzene rings is 1. The molecule has 1 aromatic carbocycles. The van der Waals surface area contributed by atoms with Crippen LogP contribution in [-0.4, -0.2) is 87.6 Å². The molecule has 0 radical (unpaired) electrons. The Morgan fingerprint density at radius 2 is 1.81 bits per heavy atom. The number of piperazine rings is 1. The van der Waals surface area contributed by atoms with Crippen molar-refractivity contribution in [2.75, 3.05) is 32.8 Å². The Bertz CT molecular complexity index is 1490. The number of rotatable bonds is 10. The fourth-order valence-electron chi connectivity index (χ4n) is 4.48. The monoisotopic (exact) mass is 617 g/mol. The van der Waals surface area contributed by atoms with Crippen molar-refractivity contribution in [3.05, 3.63) is 50.6 Å². The smallest absolute Gasteiger partial charge is 0.409 e. The van der Waals surface area contributed by atoms with Crippen LogP contribution in [-0.2, 0) is 20.9 Å². The summed E-state index contributed by atoms with van der Waals surface area (Å²) in [4.78, 5) is 62.2. The van der Waals surface area contributed by atoms with Gasteiger partial charge in [0.1, 0.15) is 24.1 Å². The van der Waals surface area contributed by atoms with Gasteiger partial charge in [-0.1, -0.05) is 11.6 Å². The van der Waals surface area contributed by atoms with Crippen molar-refractivity contribution < 1.29 is 33.8 Å². The van der Waals surface area contributed by atoms with E-state index in [0.717, 1.165) is 16.3 Å². The first-order valence-corrected chi connectivity index (χ1v) is 14.7. The van der Waals surface area contributed by atoms with E-state index in [1.54, 1.807) is 19.1 Å². The number of fused-ring (bicyclic) bond motifs is 1. The summed E-state index contributed by atoms with van der Waals surface area (Å²) in [6, 6.07) is 3.82. The van der Waals surface area contributed by atoms with Crippen molar-refractivity contribution >= 4 is 57.7 Å². The number of aryl methyl sites for hydroxylation is 2. The molecule has 4 rings (SSSR count). The third kappa shape index (κ3) is 7.65. The van der Waals surface area contributed by atoms with Gasteiger partial charge in [-0.25, -0.2) is 14.8 Å². The van der Waals surface area contributed by atoms with E-state index in [4.69, 9.17) is 21.1 Å². The van der Waals surface area contributed by atoms with E-state index in [9.17, 15) is 24.3 Å². The number of ether oxygens (including phenoxy) is 2. The van der Waals surface area contributed by atoms with Gasteiger partial charge in [-0.2, -0.15) is 0 Å². The van der Waals surface area contributed by atoms with E-state index in [1.165, 1.54) is 27.2 Å². The molecule has 224 valence electrons. The molecule has 1 unspecified atom stereocenters. The fraction of sp³-hybridized carbons (Fsp3) is 0.429. The molecule has 1 aliphatic rings. The first-order valence-electron chi connectivity index (χ1n) is 13.4. The molecule has 1 atom stereocenters. The molecule has 0 spiro atoms. The third-order valence-corrected chi connectivity index (χ3v) is 7.92. The van der Waals surface area contributed by atoms with Gasteiger partial charge in [-0.15, -0.1) is 11.3 Å². The predicted octanol–water partition coefficient (Wildman–Crippen LogP) is 3.80. The van der Waals surface area contributed by atoms with Crippen LogP contribution >= 0.6 is 22.9 Å². The second-order valence-electron chi connectivity index (χ2n) is 9.74. The zero-order valence-corrected chi connectivity index (χ0v) is 25.1. The number of aromatic nitrogens is 2. The number of halogens is 1. The molecule has 2 aromatic heterocycles. The Kier molecular flexibility index (Phi) is 10.2. The van der Waals surface area contributed by atoms with Gasteiger partial charge in [0.05, 0.1) is 22.8 Å². The van der Waals surface area contributed by atoms with Crippen molar-refractivity contribution in [3.8, 4) is 5.75 Å². The van der Waals surface area contributed by atoms with Crippen molar-refractivity contribution in [2.24, 2.45) is 0 Å². The lowest BCUT2D eigenvalue weighted by Crippen LogP contribution is -2.56. The molecule has 3 aromatic rings. The average Bonchev–Trinajstić information content (AvgIpc) is 3.39. The molecule has 1 aliphatic heterocycles. The number of pyridine rings is 1. The summed E-state index contributed by atoms with van der Waals surface area (Å²) in [6.07, 6.45) is -0.904. The van der Waals surface area contributed by atoms with E-state index in [-0.39, 0.29) is 57.9 Å². The number of aliphatic carboxylic acids is 1. The standard InChI is InChI=1S/C28H32ClN5O7S/c1-4-40-28(39)34-9-7-33(8-10-34)27(38)21(5-6-25(35)36)32-26(37)23-13-24(41-14-18-15-42-17(3)30-18)19-12-20(29)16(2)11-22(19)31-23/h11-13,15,21H,4-10,14H2,1-3H3,(H,32,37)(H,35,36). The summed E-state index contributed by atoms with van der Waals surface area (Å²) in [6.45, 7) is 6.79. The summed E-state index contributed by atoms with van der Waals surface area (Å²) in [5, 5.41) is 15.8. The van der Waals surface area contributed by atoms with E-state index >= 15 is 0 Å². The Balaban J connectivity index is 1.55. The minimum absolute atomic E-state index is 0.00561. The zero-order valence-electron chi connectivity index (χ0n) is 23.5. The lowest BCUT2D eigenvalue weighted by atomic mass is 10.1. The van der Waals surface area contributed by atoms with Gasteiger partial charge in [-0.05, 0) is 44.9 Å². The van der Waals surface area contributed by atoms with Crippen molar-refractivity contribution in [1.29, 1.82) is 0 Å². The molecule has 2 N–H and O–H groups in total. The second-order valence-corrected chi connectivity index (χ2v) is 11.2. The van der Waals surface area contributed by atoms with Crippen molar-refractivity contribution in [1.82, 2.24) is 25.1 Å². The van der Waals surface area contributed by atoms with Gasteiger partial charge >= 0.3 is 12.1 Å². The molecule has 0 aliphatic carbocycles. The van der Waals surface area contributed by atoms with Crippen LogP contribution in [0.3, 0.4) is 0 Å². The molecule has 14 heteroatoms. The number of carboxylic acid groups (broad SMARTS) is 1. The van der Waals surface area contributed by atoms with Crippen LogP contribution in [0.25, 0.3) is 10.9 Å². The zero-order chi connectivity index (χ0) is 30.4. The molecule has 12 nitrogen and oxygen atoms in total. The number of hydrogen-bond acceptors (Lipinski definition) is 9. The van der Waals surface area contributed by atoms with E-state index in [0.29, 0.717) is 21.7 Å². The Hall–Kier alpha value is -3.97. The Labute approximate surface area is 251 Å². The highest BCUT2D eigenvalue weighted by Gasteiger charge is 2.31. The Morgan fingerprint density at radius 3 is 2.45 bits per heavy atom. The minimum Gasteiger partial charge on any atom is -0.486 e. The molecule has 3 heterocycles. The van der Waals surface area contributed by atoms with Crippen LogP contribution in [0.2, 0.25) is 5.02 Å². The summed E-state index contributed by atoms with van der Waals surface area (Å²) in [5.41, 5.74) is 1.95. The lowest BCUT2D eigenvalue weighted by molar-refractivity contribution is -0.138. The summed E-state index contributed by atoms with van der Waals surface area (Å²) < 4.78 is 11.1. The topological polar surface area (TPSA) is 151 Å². The number of hydrogen-bond donors (Lipinski definition) is 2. The fourth-order valence-corrected chi connectivity index (χ4v) is 5.24. The van der Waals surface area contributed by atoms with Crippen molar-refractivity contribution in [2.45, 2.75) is 46.3 Å². The molecule has 0 bridgehead atoms. The molecule has 0 saturated carbocycles. The highest BCUT2D eigenvalue weighted by atomic mass is 35.5. The molecule has 42 heavy (non-hydrogen) atoms. The molecular weight excluding hydrogens is 586 g/mol. The van der Waals surface area contributed by atoms with Gasteiger partial charge in [0.25, 0.3) is 5.91 Å². The second kappa shape index (κ2) is 13.8. The maximum atomic E-state index is 13.5. The van der Waals surface area contributed by atoms with Crippen LogP contribution < -0.4 is 10.1 Å². The van der Waals surface area contributed by atoms with Gasteiger partial charge in [0.2, 0.25) is 5.91 Å². The van der Waals surface area contributed by atoms with Gasteiger partial charge in [-0.3, -0.25) is 14.4 Å². The minimum atomic E-state index is -1.12. The first kappa shape index (κ1) is 31.0. The lowest BCUT2D eigenvalue weighted by Gasteiger charge is -2.35. The number of thiazole rings is 1. The van der Waals surface area contributed by atoms with Gasteiger partial charge in [0.15, 0.2) is 0 Å².